The summed E-state index contributed by atoms with van der Waals surface area (Å²) >= 11 is 0. The molecule has 132 valence electrons. The van der Waals surface area contributed by atoms with Crippen LogP contribution in [0.15, 0.2) is 47.4 Å². The number of sulfonamides is 1. The number of hydrogen-bond donors (Lipinski definition) is 1. The Morgan fingerprint density at radius 1 is 1.16 bits per heavy atom. The second kappa shape index (κ2) is 6.53. The van der Waals surface area contributed by atoms with Gasteiger partial charge in [0.05, 0.1) is 4.90 Å². The molecule has 8 heteroatoms. The zero-order chi connectivity index (χ0) is 18.2. The van der Waals surface area contributed by atoms with Gasteiger partial charge in [0.25, 0.3) is 0 Å². The molecule has 5 nitrogen and oxygen atoms in total. The summed E-state index contributed by atoms with van der Waals surface area (Å²) in [6.45, 7) is 1.89. The van der Waals surface area contributed by atoms with E-state index in [2.05, 4.69) is 4.72 Å². The molecule has 1 fully saturated rings. The van der Waals surface area contributed by atoms with Crippen LogP contribution < -0.4 is 9.62 Å². The maximum absolute atomic E-state index is 13.4. The van der Waals surface area contributed by atoms with Crippen molar-refractivity contribution >= 4 is 21.6 Å². The van der Waals surface area contributed by atoms with Crippen molar-refractivity contribution in [3.63, 3.8) is 0 Å². The van der Waals surface area contributed by atoms with Crippen molar-refractivity contribution in [1.29, 1.82) is 0 Å². The molecule has 0 spiro atoms. The van der Waals surface area contributed by atoms with Gasteiger partial charge in [-0.1, -0.05) is 6.07 Å². The van der Waals surface area contributed by atoms with Gasteiger partial charge in [-0.25, -0.2) is 17.2 Å². The van der Waals surface area contributed by atoms with E-state index in [1.54, 1.807) is 6.92 Å². The first-order valence-corrected chi connectivity index (χ1v) is 9.12. The Labute approximate surface area is 144 Å². The molecule has 1 aliphatic rings. The summed E-state index contributed by atoms with van der Waals surface area (Å²) in [6.07, 6.45) is 0.268. The average molecular weight is 366 g/mol. The Balaban J connectivity index is 1.79. The molecule has 1 aliphatic heterocycles. The number of anilines is 1. The van der Waals surface area contributed by atoms with Gasteiger partial charge in [-0.05, 0) is 55.3 Å². The molecular weight excluding hydrogens is 350 g/mol. The highest BCUT2D eigenvalue weighted by Gasteiger charge is 2.35. The first-order valence-electron chi connectivity index (χ1n) is 7.63. The van der Waals surface area contributed by atoms with Crippen molar-refractivity contribution in [2.45, 2.75) is 24.3 Å². The fraction of sp³-hybridized carbons (Fsp3) is 0.235. The minimum Gasteiger partial charge on any atom is -0.311 e. The molecule has 1 heterocycles. The fourth-order valence-electron chi connectivity index (χ4n) is 2.73. The number of nitrogens with zero attached hydrogens (tertiary/aromatic N) is 1. The van der Waals surface area contributed by atoms with Gasteiger partial charge in [0.2, 0.25) is 15.9 Å². The monoisotopic (exact) mass is 366 g/mol. The summed E-state index contributed by atoms with van der Waals surface area (Å²) in [6, 6.07) is 7.91. The van der Waals surface area contributed by atoms with Crippen molar-refractivity contribution in [3.05, 3.63) is 59.7 Å². The van der Waals surface area contributed by atoms with Crippen LogP contribution in [0.3, 0.4) is 0 Å². The lowest BCUT2D eigenvalue weighted by molar-refractivity contribution is -0.118. The summed E-state index contributed by atoms with van der Waals surface area (Å²) in [4.78, 5) is 13.7. The third-order valence-corrected chi connectivity index (χ3v) is 5.53. The van der Waals surface area contributed by atoms with Gasteiger partial charge < -0.3 is 4.90 Å². The van der Waals surface area contributed by atoms with Crippen LogP contribution in [-0.4, -0.2) is 26.9 Å². The van der Waals surface area contributed by atoms with E-state index >= 15 is 0 Å². The Morgan fingerprint density at radius 3 is 2.60 bits per heavy atom. The number of carbonyl (C=O) groups is 1. The number of halogens is 2. The fourth-order valence-corrected chi connectivity index (χ4v) is 3.99. The number of amides is 1. The van der Waals surface area contributed by atoms with E-state index in [1.807, 2.05) is 0 Å². The van der Waals surface area contributed by atoms with E-state index in [-0.39, 0.29) is 17.1 Å². The van der Waals surface area contributed by atoms with Gasteiger partial charge in [-0.3, -0.25) is 4.79 Å². The number of nitrogens with one attached hydrogen (secondary N) is 1. The summed E-state index contributed by atoms with van der Waals surface area (Å²) in [5, 5.41) is 0. The van der Waals surface area contributed by atoms with Crippen molar-refractivity contribution in [1.82, 2.24) is 4.72 Å². The Bertz CT molecular complexity index is 931. The summed E-state index contributed by atoms with van der Waals surface area (Å²) in [7, 11) is -4.02. The number of carbonyl (C=O) groups excluding carboxylic acids is 1. The molecule has 2 aromatic rings. The number of benzene rings is 2. The summed E-state index contributed by atoms with van der Waals surface area (Å²) in [5.41, 5.74) is 0.908. The molecule has 1 saturated heterocycles. The topological polar surface area (TPSA) is 66.5 Å². The second-order valence-electron chi connectivity index (χ2n) is 5.84. The van der Waals surface area contributed by atoms with E-state index in [9.17, 15) is 22.0 Å². The predicted molar refractivity (Wildman–Crippen MR) is 88.6 cm³/mol. The molecule has 1 atom stereocenters. The van der Waals surface area contributed by atoms with Crippen molar-refractivity contribution in [2.24, 2.45) is 0 Å². The van der Waals surface area contributed by atoms with Crippen LogP contribution in [0, 0.1) is 18.6 Å². The standard InChI is InChI=1S/C17H16F2N2O3S/c1-11-9-13(5-6-15(11)19)21-8-7-16(17(21)22)20-25(23,24)14-4-2-3-12(18)10-14/h2-6,9-10,16,20H,7-8H2,1H3. The maximum atomic E-state index is 13.4. The van der Waals surface area contributed by atoms with Crippen LogP contribution in [0.1, 0.15) is 12.0 Å². The molecule has 0 bridgehead atoms. The highest BCUT2D eigenvalue weighted by Crippen LogP contribution is 2.24. The summed E-state index contributed by atoms with van der Waals surface area (Å²) < 4.78 is 53.6. The molecule has 2 aromatic carbocycles. The second-order valence-corrected chi connectivity index (χ2v) is 7.56. The molecule has 25 heavy (non-hydrogen) atoms. The number of aryl methyl sites for hydroxylation is 1. The Hall–Kier alpha value is -2.32. The van der Waals surface area contributed by atoms with Crippen LogP contribution in [0.4, 0.5) is 14.5 Å². The highest BCUT2D eigenvalue weighted by atomic mass is 32.2. The molecule has 0 saturated carbocycles. The zero-order valence-corrected chi connectivity index (χ0v) is 14.2. The minimum absolute atomic E-state index is 0.239. The lowest BCUT2D eigenvalue weighted by atomic mass is 10.2. The van der Waals surface area contributed by atoms with Crippen LogP contribution in [0.2, 0.25) is 0 Å². The first kappa shape index (κ1) is 17.5. The van der Waals surface area contributed by atoms with Gasteiger partial charge in [0.15, 0.2) is 0 Å². The maximum Gasteiger partial charge on any atom is 0.245 e. The molecule has 0 radical (unpaired) electrons. The van der Waals surface area contributed by atoms with Crippen LogP contribution >= 0.6 is 0 Å². The largest absolute Gasteiger partial charge is 0.311 e. The normalized spacial score (nSPS) is 18.0. The average Bonchev–Trinajstić information content (AvgIpc) is 2.90. The van der Waals surface area contributed by atoms with Crippen LogP contribution in [-0.2, 0) is 14.8 Å². The smallest absolute Gasteiger partial charge is 0.245 e. The molecule has 1 N–H and O–H groups in total. The van der Waals surface area contributed by atoms with Crippen molar-refractivity contribution in [3.8, 4) is 0 Å². The predicted octanol–water partition coefficient (Wildman–Crippen LogP) is 2.36. The minimum atomic E-state index is -4.02. The first-order chi connectivity index (χ1) is 11.8. The van der Waals surface area contributed by atoms with Crippen LogP contribution in [0.25, 0.3) is 0 Å². The van der Waals surface area contributed by atoms with E-state index in [0.29, 0.717) is 17.8 Å². The lowest BCUT2D eigenvalue weighted by Gasteiger charge is -2.18. The van der Waals surface area contributed by atoms with Gasteiger partial charge in [0, 0.05) is 12.2 Å². The quantitative estimate of drug-likeness (QED) is 0.903. The van der Waals surface area contributed by atoms with E-state index in [0.717, 1.165) is 12.1 Å². The van der Waals surface area contributed by atoms with Crippen LogP contribution in [0.5, 0.6) is 0 Å². The highest BCUT2D eigenvalue weighted by molar-refractivity contribution is 7.89. The van der Waals surface area contributed by atoms with Crippen molar-refractivity contribution < 1.29 is 22.0 Å². The summed E-state index contributed by atoms with van der Waals surface area (Å²) in [5.74, 6) is -1.48. The van der Waals surface area contributed by atoms with Gasteiger partial charge in [-0.15, -0.1) is 0 Å². The van der Waals surface area contributed by atoms with Crippen molar-refractivity contribution in [2.75, 3.05) is 11.4 Å². The molecule has 1 amide bonds. The zero-order valence-electron chi connectivity index (χ0n) is 13.4. The third-order valence-electron chi connectivity index (χ3n) is 4.06. The molecule has 0 aliphatic carbocycles. The Morgan fingerprint density at radius 2 is 1.92 bits per heavy atom. The van der Waals surface area contributed by atoms with E-state index in [1.165, 1.54) is 35.2 Å². The van der Waals surface area contributed by atoms with Gasteiger partial charge in [-0.2, -0.15) is 4.72 Å². The number of hydrogen-bond acceptors (Lipinski definition) is 3. The van der Waals surface area contributed by atoms with E-state index in [4.69, 9.17) is 0 Å². The lowest BCUT2D eigenvalue weighted by Crippen LogP contribution is -2.41. The molecule has 1 unspecified atom stereocenters. The van der Waals surface area contributed by atoms with Gasteiger partial charge >= 0.3 is 0 Å². The van der Waals surface area contributed by atoms with Gasteiger partial charge in [0.1, 0.15) is 17.7 Å². The third kappa shape index (κ3) is 3.54. The van der Waals surface area contributed by atoms with E-state index < -0.39 is 27.8 Å². The number of rotatable bonds is 4. The Kier molecular flexibility index (Phi) is 4.57. The molecular formula is C17H16F2N2O3S. The molecule has 0 aromatic heterocycles. The SMILES string of the molecule is Cc1cc(N2CCC(NS(=O)(=O)c3cccc(F)c3)C2=O)ccc1F. The molecule has 3 rings (SSSR count).